The van der Waals surface area contributed by atoms with E-state index in [1.165, 1.54) is 22.2 Å². The van der Waals surface area contributed by atoms with Crippen molar-refractivity contribution in [3.05, 3.63) is 45.4 Å². The summed E-state index contributed by atoms with van der Waals surface area (Å²) < 4.78 is 6.59. The predicted octanol–water partition coefficient (Wildman–Crippen LogP) is 2.26. The molecule has 0 bridgehead atoms. The van der Waals surface area contributed by atoms with Crippen LogP contribution in [0.25, 0.3) is 10.7 Å². The summed E-state index contributed by atoms with van der Waals surface area (Å²) in [6.07, 6.45) is 1.21. The van der Waals surface area contributed by atoms with Crippen molar-refractivity contribution in [3.63, 3.8) is 0 Å². The average molecular weight is 291 g/mol. The molecule has 3 aromatic heterocycles. The molecule has 0 atom stereocenters. The molecule has 8 nitrogen and oxygen atoms in total. The van der Waals surface area contributed by atoms with Gasteiger partial charge in [0.25, 0.3) is 0 Å². The average Bonchev–Trinajstić information content (AvgIpc) is 3.12. The molecule has 0 radical (unpaired) electrons. The number of hydrogen-bond acceptors (Lipinski definition) is 7. The number of thiophene rings is 1. The van der Waals surface area contributed by atoms with Crippen LogP contribution in [0.5, 0.6) is 0 Å². The van der Waals surface area contributed by atoms with Gasteiger partial charge >= 0.3 is 5.69 Å². The Balaban J connectivity index is 1.84. The molecule has 102 valence electrons. The van der Waals surface area contributed by atoms with Crippen LogP contribution >= 0.6 is 11.3 Å². The number of aromatic nitrogens is 4. The van der Waals surface area contributed by atoms with Crippen LogP contribution < -0.4 is 0 Å². The third kappa shape index (κ3) is 2.18. The van der Waals surface area contributed by atoms with Gasteiger partial charge in [-0.3, -0.25) is 14.8 Å². The quantitative estimate of drug-likeness (QED) is 0.540. The molecule has 0 fully saturated rings. The van der Waals surface area contributed by atoms with Crippen LogP contribution in [-0.4, -0.2) is 24.8 Å². The van der Waals surface area contributed by atoms with Crippen molar-refractivity contribution >= 4 is 17.0 Å². The highest BCUT2D eigenvalue weighted by molar-refractivity contribution is 7.13. The van der Waals surface area contributed by atoms with Crippen molar-refractivity contribution in [1.29, 1.82) is 0 Å². The first-order valence-corrected chi connectivity index (χ1v) is 6.56. The van der Waals surface area contributed by atoms with E-state index in [-0.39, 0.29) is 12.2 Å². The summed E-state index contributed by atoms with van der Waals surface area (Å²) in [4.78, 5) is 15.4. The van der Waals surface area contributed by atoms with Gasteiger partial charge in [-0.25, -0.2) is 0 Å². The summed E-state index contributed by atoms with van der Waals surface area (Å²) in [5.74, 6) is 0.865. The Morgan fingerprint density at radius 2 is 2.40 bits per heavy atom. The summed E-state index contributed by atoms with van der Waals surface area (Å²) in [6, 6.07) is 3.79. The fourth-order valence-electron chi connectivity index (χ4n) is 1.73. The number of nitrogens with zero attached hydrogens (tertiary/aromatic N) is 5. The third-order valence-corrected chi connectivity index (χ3v) is 3.63. The van der Waals surface area contributed by atoms with E-state index < -0.39 is 4.92 Å². The van der Waals surface area contributed by atoms with Crippen molar-refractivity contribution < 1.29 is 9.45 Å². The molecule has 0 aliphatic heterocycles. The molecular weight excluding hydrogens is 282 g/mol. The van der Waals surface area contributed by atoms with Crippen LogP contribution in [0.4, 0.5) is 5.69 Å². The molecule has 0 saturated carbocycles. The predicted molar refractivity (Wildman–Crippen MR) is 70.3 cm³/mol. The third-order valence-electron chi connectivity index (χ3n) is 2.77. The minimum atomic E-state index is -0.469. The lowest BCUT2D eigenvalue weighted by molar-refractivity contribution is -0.385. The SMILES string of the molecule is Cc1c([N+](=O)[O-])cnn1Cc1nc(-c2cccs2)no1. The zero-order valence-corrected chi connectivity index (χ0v) is 11.2. The molecule has 9 heteroatoms. The Kier molecular flexibility index (Phi) is 3.03. The van der Waals surface area contributed by atoms with Gasteiger partial charge in [0.05, 0.1) is 9.80 Å². The summed E-state index contributed by atoms with van der Waals surface area (Å²) in [7, 11) is 0. The monoisotopic (exact) mass is 291 g/mol. The largest absolute Gasteiger partial charge is 0.337 e. The maximum atomic E-state index is 10.7. The maximum Gasteiger partial charge on any atom is 0.309 e. The van der Waals surface area contributed by atoms with Crippen LogP contribution in [0.15, 0.2) is 28.2 Å². The normalized spacial score (nSPS) is 10.8. The summed E-state index contributed by atoms with van der Waals surface area (Å²) in [6.45, 7) is 1.83. The first-order valence-electron chi connectivity index (χ1n) is 5.68. The zero-order chi connectivity index (χ0) is 14.1. The van der Waals surface area contributed by atoms with Crippen molar-refractivity contribution in [2.24, 2.45) is 0 Å². The Morgan fingerprint density at radius 1 is 1.55 bits per heavy atom. The van der Waals surface area contributed by atoms with Gasteiger partial charge in [0, 0.05) is 0 Å². The lowest BCUT2D eigenvalue weighted by atomic mass is 10.4. The second-order valence-electron chi connectivity index (χ2n) is 4.02. The molecule has 20 heavy (non-hydrogen) atoms. The van der Waals surface area contributed by atoms with Crippen LogP contribution in [0, 0.1) is 17.0 Å². The van der Waals surface area contributed by atoms with Crippen molar-refractivity contribution in [2.45, 2.75) is 13.5 Å². The molecule has 0 aliphatic rings. The van der Waals surface area contributed by atoms with E-state index in [4.69, 9.17) is 4.52 Å². The molecule has 3 rings (SSSR count). The van der Waals surface area contributed by atoms with Gasteiger partial charge < -0.3 is 4.52 Å². The van der Waals surface area contributed by atoms with Gasteiger partial charge in [-0.15, -0.1) is 11.3 Å². The van der Waals surface area contributed by atoms with Crippen LogP contribution in [0.1, 0.15) is 11.6 Å². The summed E-state index contributed by atoms with van der Waals surface area (Å²) in [5, 5.41) is 20.5. The number of hydrogen-bond donors (Lipinski definition) is 0. The van der Waals surface area contributed by atoms with E-state index in [2.05, 4.69) is 15.2 Å². The van der Waals surface area contributed by atoms with E-state index in [1.54, 1.807) is 6.92 Å². The standard InChI is InChI=1S/C11H9N5O3S/c1-7-8(16(17)18)5-12-15(7)6-10-13-11(14-19-10)9-3-2-4-20-9/h2-5H,6H2,1H3. The van der Waals surface area contributed by atoms with Crippen molar-refractivity contribution in [1.82, 2.24) is 19.9 Å². The fourth-order valence-corrected chi connectivity index (χ4v) is 2.38. The Morgan fingerprint density at radius 3 is 3.05 bits per heavy atom. The molecule has 0 aliphatic carbocycles. The number of nitro groups is 1. The van der Waals surface area contributed by atoms with E-state index in [0.29, 0.717) is 17.4 Å². The minimum absolute atomic E-state index is 0.0250. The highest BCUT2D eigenvalue weighted by Crippen LogP contribution is 2.22. The van der Waals surface area contributed by atoms with E-state index in [9.17, 15) is 10.1 Å². The van der Waals surface area contributed by atoms with E-state index >= 15 is 0 Å². The molecule has 0 aromatic carbocycles. The summed E-state index contributed by atoms with van der Waals surface area (Å²) in [5.41, 5.74) is 0.425. The summed E-state index contributed by atoms with van der Waals surface area (Å²) >= 11 is 1.51. The van der Waals surface area contributed by atoms with Crippen LogP contribution in [0.3, 0.4) is 0 Å². The molecule has 0 unspecified atom stereocenters. The first-order chi connectivity index (χ1) is 9.65. The minimum Gasteiger partial charge on any atom is -0.337 e. The first kappa shape index (κ1) is 12.5. The van der Waals surface area contributed by atoms with Gasteiger partial charge in [0.1, 0.15) is 18.4 Å². The molecule has 3 heterocycles. The van der Waals surface area contributed by atoms with E-state index in [1.807, 2.05) is 17.5 Å². The van der Waals surface area contributed by atoms with Crippen molar-refractivity contribution in [2.75, 3.05) is 0 Å². The van der Waals surface area contributed by atoms with Gasteiger partial charge in [-0.1, -0.05) is 11.2 Å². The number of rotatable bonds is 4. The van der Waals surface area contributed by atoms with Crippen molar-refractivity contribution in [3.8, 4) is 10.7 Å². The van der Waals surface area contributed by atoms with Gasteiger partial charge in [0.2, 0.25) is 11.7 Å². The lowest BCUT2D eigenvalue weighted by Gasteiger charge is -1.98. The van der Waals surface area contributed by atoms with Crippen LogP contribution in [-0.2, 0) is 6.54 Å². The maximum absolute atomic E-state index is 10.7. The fraction of sp³-hybridized carbons (Fsp3) is 0.182. The van der Waals surface area contributed by atoms with Gasteiger partial charge in [-0.2, -0.15) is 10.1 Å². The Labute approximate surface area is 116 Å². The second-order valence-corrected chi connectivity index (χ2v) is 4.97. The zero-order valence-electron chi connectivity index (χ0n) is 10.4. The van der Waals surface area contributed by atoms with Crippen LogP contribution in [0.2, 0.25) is 0 Å². The smallest absolute Gasteiger partial charge is 0.309 e. The highest BCUT2D eigenvalue weighted by Gasteiger charge is 2.18. The van der Waals surface area contributed by atoms with E-state index in [0.717, 1.165) is 4.88 Å². The Bertz CT molecular complexity index is 746. The topological polar surface area (TPSA) is 99.9 Å². The highest BCUT2D eigenvalue weighted by atomic mass is 32.1. The molecule has 3 aromatic rings. The molecule has 0 spiro atoms. The lowest BCUT2D eigenvalue weighted by Crippen LogP contribution is -2.04. The molecule has 0 amide bonds. The van der Waals surface area contributed by atoms with Gasteiger partial charge in [0.15, 0.2) is 0 Å². The molecular formula is C11H9N5O3S. The second kappa shape index (κ2) is 4.85. The molecule has 0 saturated heterocycles. The van der Waals surface area contributed by atoms with Gasteiger partial charge in [-0.05, 0) is 18.4 Å². The molecule has 0 N–H and O–H groups in total. The Hall–Kier alpha value is -2.55.